The van der Waals surface area contributed by atoms with Crippen molar-refractivity contribution in [2.45, 2.75) is 19.8 Å². The minimum absolute atomic E-state index is 0.0644. The van der Waals surface area contributed by atoms with Gasteiger partial charge in [0.25, 0.3) is 0 Å². The van der Waals surface area contributed by atoms with Crippen LogP contribution in [0.4, 0.5) is 10.5 Å². The highest BCUT2D eigenvalue weighted by Crippen LogP contribution is 2.17. The third-order valence-electron chi connectivity index (χ3n) is 2.21. The number of carbonyl (C=O) groups is 1. The summed E-state index contributed by atoms with van der Waals surface area (Å²) in [7, 11) is 0. The average molecular weight is 232 g/mol. The summed E-state index contributed by atoms with van der Waals surface area (Å²) in [5.41, 5.74) is 7.65. The van der Waals surface area contributed by atoms with Gasteiger partial charge in [0.1, 0.15) is 0 Å². The molecular weight excluding hydrogens is 216 g/mol. The first-order valence-corrected chi connectivity index (χ1v) is 5.46. The van der Waals surface area contributed by atoms with Crippen molar-refractivity contribution in [3.8, 4) is 11.8 Å². The van der Waals surface area contributed by atoms with Gasteiger partial charge < -0.3 is 16.2 Å². The highest BCUT2D eigenvalue weighted by atomic mass is 16.2. The maximum Gasteiger partial charge on any atom is 0.316 e. The number of benzene rings is 1. The lowest BCUT2D eigenvalue weighted by molar-refractivity contribution is 0.259. The molecule has 0 radical (unpaired) electrons. The number of anilines is 1. The van der Waals surface area contributed by atoms with Crippen LogP contribution in [0.5, 0.6) is 0 Å². The molecule has 0 heterocycles. The molecule has 0 aliphatic carbocycles. The number of urea groups is 1. The number of aryl methyl sites for hydroxylation is 1. The van der Waals surface area contributed by atoms with Gasteiger partial charge in [-0.1, -0.05) is 18.8 Å². The summed E-state index contributed by atoms with van der Waals surface area (Å²) in [5, 5.41) is 11.2. The Morgan fingerprint density at radius 3 is 2.88 bits per heavy atom. The highest BCUT2D eigenvalue weighted by molar-refractivity contribution is 5.88. The monoisotopic (exact) mass is 232 g/mol. The number of rotatable bonds is 3. The molecule has 4 N–H and O–H groups in total. The lowest BCUT2D eigenvalue weighted by Gasteiger charge is -2.08. The van der Waals surface area contributed by atoms with Crippen LogP contribution >= 0.6 is 0 Å². The molecule has 0 unspecified atom stereocenters. The Morgan fingerprint density at radius 2 is 2.29 bits per heavy atom. The predicted molar refractivity (Wildman–Crippen MR) is 67.6 cm³/mol. The van der Waals surface area contributed by atoms with E-state index < -0.39 is 6.03 Å². The molecule has 0 saturated heterocycles. The molecule has 0 atom stereocenters. The van der Waals surface area contributed by atoms with Gasteiger partial charge in [0.2, 0.25) is 0 Å². The molecule has 1 aromatic rings. The van der Waals surface area contributed by atoms with Crippen LogP contribution in [0, 0.1) is 11.8 Å². The molecule has 90 valence electrons. The number of carbonyl (C=O) groups excluding carboxylic acids is 1. The molecule has 0 aliphatic heterocycles. The van der Waals surface area contributed by atoms with Gasteiger partial charge in [0.05, 0.1) is 6.61 Å². The summed E-state index contributed by atoms with van der Waals surface area (Å²) >= 11 is 0. The molecule has 1 aromatic carbocycles. The van der Waals surface area contributed by atoms with E-state index >= 15 is 0 Å². The van der Waals surface area contributed by atoms with Crippen LogP contribution in [0.15, 0.2) is 18.2 Å². The number of aliphatic hydroxyl groups excluding tert-OH is 1. The van der Waals surface area contributed by atoms with Crippen LogP contribution < -0.4 is 11.1 Å². The second-order valence-corrected chi connectivity index (χ2v) is 3.49. The van der Waals surface area contributed by atoms with Crippen molar-refractivity contribution >= 4 is 11.7 Å². The second-order valence-electron chi connectivity index (χ2n) is 3.49. The third kappa shape index (κ3) is 4.17. The number of nitrogens with one attached hydrogen (secondary N) is 1. The van der Waals surface area contributed by atoms with E-state index in [4.69, 9.17) is 10.8 Å². The second kappa shape index (κ2) is 6.56. The maximum atomic E-state index is 10.8. The predicted octanol–water partition coefficient (Wildman–Crippen LogP) is 1.47. The maximum absolute atomic E-state index is 10.8. The van der Waals surface area contributed by atoms with Crippen molar-refractivity contribution in [1.82, 2.24) is 0 Å². The lowest BCUT2D eigenvalue weighted by Crippen LogP contribution is -2.20. The van der Waals surface area contributed by atoms with Gasteiger partial charge in [-0.05, 0) is 30.2 Å². The Hall–Kier alpha value is -1.99. The van der Waals surface area contributed by atoms with E-state index in [0.29, 0.717) is 12.1 Å². The summed E-state index contributed by atoms with van der Waals surface area (Å²) in [6.07, 6.45) is 1.24. The zero-order valence-corrected chi connectivity index (χ0v) is 9.79. The summed E-state index contributed by atoms with van der Waals surface area (Å²) in [6.45, 7) is 2.06. The van der Waals surface area contributed by atoms with Gasteiger partial charge in [-0.15, -0.1) is 0 Å². The Balaban J connectivity index is 2.93. The Bertz CT molecular complexity index is 458. The molecule has 0 aromatic heterocycles. The Kier molecular flexibility index (Phi) is 5.05. The molecule has 1 rings (SSSR count). The molecule has 0 fully saturated rings. The number of hydrogen-bond acceptors (Lipinski definition) is 2. The zero-order chi connectivity index (χ0) is 12.7. The van der Waals surface area contributed by atoms with Crippen molar-refractivity contribution < 1.29 is 9.90 Å². The van der Waals surface area contributed by atoms with Crippen molar-refractivity contribution in [1.29, 1.82) is 0 Å². The van der Waals surface area contributed by atoms with Gasteiger partial charge in [0.15, 0.2) is 0 Å². The molecule has 0 aliphatic rings. The van der Waals surface area contributed by atoms with Gasteiger partial charge in [-0.25, -0.2) is 4.79 Å². The van der Waals surface area contributed by atoms with E-state index in [-0.39, 0.29) is 6.61 Å². The summed E-state index contributed by atoms with van der Waals surface area (Å²) in [6, 6.07) is 4.94. The standard InChI is InChI=1S/C13H16N2O2/c1-2-11-9-10(5-3-4-8-16)6-7-12(11)15-13(14)17/h6-7,9,16H,2,4,8H2,1H3,(H3,14,15,17). The largest absolute Gasteiger partial charge is 0.395 e. The molecule has 0 bridgehead atoms. The number of hydrogen-bond donors (Lipinski definition) is 3. The number of amides is 2. The quantitative estimate of drug-likeness (QED) is 0.690. The van der Waals surface area contributed by atoms with E-state index in [2.05, 4.69) is 17.2 Å². The van der Waals surface area contributed by atoms with Crippen LogP contribution in [0.3, 0.4) is 0 Å². The lowest BCUT2D eigenvalue weighted by atomic mass is 10.1. The van der Waals surface area contributed by atoms with Crippen molar-refractivity contribution in [3.63, 3.8) is 0 Å². The van der Waals surface area contributed by atoms with Gasteiger partial charge >= 0.3 is 6.03 Å². The van der Waals surface area contributed by atoms with E-state index in [1.54, 1.807) is 6.07 Å². The molecule has 0 saturated carbocycles. The topological polar surface area (TPSA) is 75.3 Å². The highest BCUT2D eigenvalue weighted by Gasteiger charge is 2.03. The molecule has 4 nitrogen and oxygen atoms in total. The smallest absolute Gasteiger partial charge is 0.316 e. The van der Waals surface area contributed by atoms with E-state index in [9.17, 15) is 4.79 Å². The van der Waals surface area contributed by atoms with E-state index in [0.717, 1.165) is 17.5 Å². The normalized spacial score (nSPS) is 9.29. The molecule has 17 heavy (non-hydrogen) atoms. The molecule has 4 heteroatoms. The molecular formula is C13H16N2O2. The fourth-order valence-electron chi connectivity index (χ4n) is 1.44. The first-order chi connectivity index (χ1) is 8.17. The Morgan fingerprint density at radius 1 is 1.53 bits per heavy atom. The van der Waals surface area contributed by atoms with Crippen LogP contribution in [-0.4, -0.2) is 17.7 Å². The number of primary amides is 1. The van der Waals surface area contributed by atoms with Crippen molar-refractivity contribution in [3.05, 3.63) is 29.3 Å². The SMILES string of the molecule is CCc1cc(C#CCCO)ccc1NC(N)=O. The van der Waals surface area contributed by atoms with Crippen LogP contribution in [0.1, 0.15) is 24.5 Å². The first-order valence-electron chi connectivity index (χ1n) is 5.46. The van der Waals surface area contributed by atoms with Crippen LogP contribution in [-0.2, 0) is 6.42 Å². The van der Waals surface area contributed by atoms with Crippen LogP contribution in [0.25, 0.3) is 0 Å². The van der Waals surface area contributed by atoms with Gasteiger partial charge in [-0.3, -0.25) is 0 Å². The van der Waals surface area contributed by atoms with Gasteiger partial charge in [0, 0.05) is 17.7 Å². The summed E-state index contributed by atoms with van der Waals surface area (Å²) < 4.78 is 0. The Labute approximate surface area is 101 Å². The van der Waals surface area contributed by atoms with Crippen molar-refractivity contribution in [2.75, 3.05) is 11.9 Å². The minimum Gasteiger partial charge on any atom is -0.395 e. The van der Waals surface area contributed by atoms with E-state index in [1.807, 2.05) is 19.1 Å². The summed E-state index contributed by atoms with van der Waals surface area (Å²) in [5.74, 6) is 5.80. The van der Waals surface area contributed by atoms with Gasteiger partial charge in [-0.2, -0.15) is 0 Å². The van der Waals surface area contributed by atoms with Crippen LogP contribution in [0.2, 0.25) is 0 Å². The third-order valence-corrected chi connectivity index (χ3v) is 2.21. The fourth-order valence-corrected chi connectivity index (χ4v) is 1.44. The fraction of sp³-hybridized carbons (Fsp3) is 0.308. The number of aliphatic hydroxyl groups is 1. The first kappa shape index (κ1) is 13.1. The minimum atomic E-state index is -0.571. The molecule has 0 spiro atoms. The molecule has 2 amide bonds. The zero-order valence-electron chi connectivity index (χ0n) is 9.79. The van der Waals surface area contributed by atoms with E-state index in [1.165, 1.54) is 0 Å². The van der Waals surface area contributed by atoms with Crippen molar-refractivity contribution in [2.24, 2.45) is 5.73 Å². The summed E-state index contributed by atoms with van der Waals surface area (Å²) in [4.78, 5) is 10.8. The number of nitrogens with two attached hydrogens (primary N) is 1. The average Bonchev–Trinajstić information content (AvgIpc) is 2.30.